The van der Waals surface area contributed by atoms with E-state index in [0.29, 0.717) is 11.1 Å². The van der Waals surface area contributed by atoms with Gasteiger partial charge in [0.05, 0.1) is 11.1 Å². The van der Waals surface area contributed by atoms with Gasteiger partial charge in [-0.25, -0.2) is 4.79 Å². The Morgan fingerprint density at radius 2 is 1.94 bits per heavy atom. The van der Waals surface area contributed by atoms with Crippen molar-refractivity contribution >= 4 is 16.9 Å². The minimum atomic E-state index is -0.886. The normalized spacial score (nSPS) is 12.0. The van der Waals surface area contributed by atoms with Crippen molar-refractivity contribution in [2.24, 2.45) is 0 Å². The molecule has 0 atom stereocenters. The second kappa shape index (κ2) is 3.62. The van der Waals surface area contributed by atoms with Gasteiger partial charge in [-0.2, -0.15) is 0 Å². The molecule has 0 saturated heterocycles. The van der Waals surface area contributed by atoms with Gasteiger partial charge in [0, 0.05) is 11.6 Å². The largest absolute Gasteiger partial charge is 0.478 e. The second-order valence-electron chi connectivity index (χ2n) is 5.47. The number of nitrogens with one attached hydrogen (secondary N) is 1. The van der Waals surface area contributed by atoms with Crippen molar-refractivity contribution in [2.75, 3.05) is 0 Å². The highest BCUT2D eigenvalue weighted by Crippen LogP contribution is 2.30. The van der Waals surface area contributed by atoms with Crippen LogP contribution in [0.1, 0.15) is 42.3 Å². The fourth-order valence-electron chi connectivity index (χ4n) is 1.97. The number of aromatic carboxylic acids is 1. The molecule has 0 saturated carbocycles. The molecule has 0 aliphatic rings. The van der Waals surface area contributed by atoms with Crippen LogP contribution in [0.5, 0.6) is 0 Å². The number of carbonyl (C=O) groups is 1. The van der Waals surface area contributed by atoms with Crippen molar-refractivity contribution in [2.45, 2.75) is 33.1 Å². The standard InChI is InChI=1S/C14H17NO2/c1-8-7-15-12-10(8)5-9(14(2,3)4)6-11(12)13(16)17/h5-7,15H,1-4H3,(H,16,17). The highest BCUT2D eigenvalue weighted by atomic mass is 16.4. The molecule has 1 heterocycles. The maximum atomic E-state index is 11.3. The van der Waals surface area contributed by atoms with E-state index in [1.807, 2.05) is 13.1 Å². The number of rotatable bonds is 1. The monoisotopic (exact) mass is 231 g/mol. The zero-order valence-electron chi connectivity index (χ0n) is 10.6. The third-order valence-electron chi connectivity index (χ3n) is 3.09. The molecule has 1 aromatic heterocycles. The summed E-state index contributed by atoms with van der Waals surface area (Å²) in [4.78, 5) is 14.3. The zero-order chi connectivity index (χ0) is 12.8. The number of hydrogen-bond donors (Lipinski definition) is 2. The van der Waals surface area contributed by atoms with E-state index in [-0.39, 0.29) is 5.41 Å². The fourth-order valence-corrected chi connectivity index (χ4v) is 1.97. The van der Waals surface area contributed by atoms with E-state index < -0.39 is 5.97 Å². The summed E-state index contributed by atoms with van der Waals surface area (Å²) in [6.07, 6.45) is 1.85. The number of hydrogen-bond acceptors (Lipinski definition) is 1. The van der Waals surface area contributed by atoms with E-state index in [9.17, 15) is 9.90 Å². The van der Waals surface area contributed by atoms with Crippen LogP contribution in [-0.2, 0) is 5.41 Å². The summed E-state index contributed by atoms with van der Waals surface area (Å²) in [7, 11) is 0. The Morgan fingerprint density at radius 3 is 2.47 bits per heavy atom. The molecule has 0 amide bonds. The summed E-state index contributed by atoms with van der Waals surface area (Å²) in [5, 5.41) is 10.3. The van der Waals surface area contributed by atoms with Crippen LogP contribution in [0.15, 0.2) is 18.3 Å². The van der Waals surface area contributed by atoms with Gasteiger partial charge in [-0.3, -0.25) is 0 Å². The second-order valence-corrected chi connectivity index (χ2v) is 5.47. The Labute approximate surface area is 100 Å². The van der Waals surface area contributed by atoms with Crippen LogP contribution in [-0.4, -0.2) is 16.1 Å². The van der Waals surface area contributed by atoms with Crippen molar-refractivity contribution in [3.63, 3.8) is 0 Å². The molecule has 17 heavy (non-hydrogen) atoms. The lowest BCUT2D eigenvalue weighted by Gasteiger charge is -2.20. The van der Waals surface area contributed by atoms with Gasteiger partial charge in [0.1, 0.15) is 0 Å². The number of aromatic amines is 1. The maximum Gasteiger partial charge on any atom is 0.337 e. The molecule has 0 spiro atoms. The molecule has 0 bridgehead atoms. The van der Waals surface area contributed by atoms with Gasteiger partial charge in [-0.1, -0.05) is 20.8 Å². The predicted molar refractivity (Wildman–Crippen MR) is 68.7 cm³/mol. The molecule has 2 rings (SSSR count). The summed E-state index contributed by atoms with van der Waals surface area (Å²) >= 11 is 0. The average Bonchev–Trinajstić information content (AvgIpc) is 2.58. The van der Waals surface area contributed by atoms with Crippen LogP contribution < -0.4 is 0 Å². The lowest BCUT2D eigenvalue weighted by atomic mass is 9.85. The molecule has 0 unspecified atom stereocenters. The minimum Gasteiger partial charge on any atom is -0.478 e. The number of carboxylic acid groups (broad SMARTS) is 1. The molecule has 3 heteroatoms. The minimum absolute atomic E-state index is 0.0535. The first kappa shape index (κ1) is 11.7. The third kappa shape index (κ3) is 1.93. The maximum absolute atomic E-state index is 11.3. The molecule has 0 radical (unpaired) electrons. The topological polar surface area (TPSA) is 53.1 Å². The molecule has 0 aliphatic carbocycles. The summed E-state index contributed by atoms with van der Waals surface area (Å²) in [5.74, 6) is -0.886. The predicted octanol–water partition coefficient (Wildman–Crippen LogP) is 3.47. The Hall–Kier alpha value is -1.77. The highest BCUT2D eigenvalue weighted by molar-refractivity contribution is 6.03. The zero-order valence-corrected chi connectivity index (χ0v) is 10.6. The Balaban J connectivity index is 2.83. The Bertz CT molecular complexity index is 588. The van der Waals surface area contributed by atoms with Crippen molar-refractivity contribution in [3.05, 3.63) is 35.0 Å². The summed E-state index contributed by atoms with van der Waals surface area (Å²) in [6, 6.07) is 3.84. The summed E-state index contributed by atoms with van der Waals surface area (Å²) in [5.41, 5.74) is 3.13. The molecule has 3 nitrogen and oxygen atoms in total. The van der Waals surface area contributed by atoms with E-state index in [2.05, 4.69) is 31.8 Å². The smallest absolute Gasteiger partial charge is 0.337 e. The Morgan fingerprint density at radius 1 is 1.29 bits per heavy atom. The molecule has 2 aromatic rings. The number of benzene rings is 1. The summed E-state index contributed by atoms with van der Waals surface area (Å²) in [6.45, 7) is 8.24. The quantitative estimate of drug-likeness (QED) is 0.789. The number of aryl methyl sites for hydroxylation is 1. The number of fused-ring (bicyclic) bond motifs is 1. The third-order valence-corrected chi connectivity index (χ3v) is 3.09. The van der Waals surface area contributed by atoms with E-state index in [1.54, 1.807) is 6.07 Å². The number of aromatic nitrogens is 1. The first-order valence-electron chi connectivity index (χ1n) is 5.66. The van der Waals surface area contributed by atoms with Crippen molar-refractivity contribution in [1.29, 1.82) is 0 Å². The Kier molecular flexibility index (Phi) is 2.49. The van der Waals surface area contributed by atoms with E-state index in [1.165, 1.54) is 0 Å². The van der Waals surface area contributed by atoms with Gasteiger partial charge < -0.3 is 10.1 Å². The van der Waals surface area contributed by atoms with Crippen LogP contribution in [0.2, 0.25) is 0 Å². The molecule has 90 valence electrons. The van der Waals surface area contributed by atoms with Crippen LogP contribution in [0.3, 0.4) is 0 Å². The van der Waals surface area contributed by atoms with E-state index in [0.717, 1.165) is 16.5 Å². The van der Waals surface area contributed by atoms with E-state index >= 15 is 0 Å². The summed E-state index contributed by atoms with van der Waals surface area (Å²) < 4.78 is 0. The van der Waals surface area contributed by atoms with Crippen LogP contribution in [0, 0.1) is 6.92 Å². The lowest BCUT2D eigenvalue weighted by Crippen LogP contribution is -2.12. The van der Waals surface area contributed by atoms with Gasteiger partial charge in [0.25, 0.3) is 0 Å². The van der Waals surface area contributed by atoms with Gasteiger partial charge >= 0.3 is 5.97 Å². The molecular formula is C14H17NO2. The van der Waals surface area contributed by atoms with Crippen LogP contribution in [0.4, 0.5) is 0 Å². The highest BCUT2D eigenvalue weighted by Gasteiger charge is 2.19. The molecular weight excluding hydrogens is 214 g/mol. The van der Waals surface area contributed by atoms with Crippen molar-refractivity contribution in [3.8, 4) is 0 Å². The molecule has 0 fully saturated rings. The van der Waals surface area contributed by atoms with E-state index in [4.69, 9.17) is 0 Å². The van der Waals surface area contributed by atoms with Crippen molar-refractivity contribution in [1.82, 2.24) is 4.98 Å². The first-order chi connectivity index (χ1) is 7.80. The first-order valence-corrected chi connectivity index (χ1v) is 5.66. The van der Waals surface area contributed by atoms with Crippen molar-refractivity contribution < 1.29 is 9.90 Å². The lowest BCUT2D eigenvalue weighted by molar-refractivity contribution is 0.0698. The van der Waals surface area contributed by atoms with Crippen LogP contribution in [0.25, 0.3) is 10.9 Å². The van der Waals surface area contributed by atoms with Gasteiger partial charge in [0.2, 0.25) is 0 Å². The molecule has 0 aliphatic heterocycles. The average molecular weight is 231 g/mol. The van der Waals surface area contributed by atoms with Gasteiger partial charge in [0.15, 0.2) is 0 Å². The number of H-pyrrole nitrogens is 1. The molecule has 1 aromatic carbocycles. The fraction of sp³-hybridized carbons (Fsp3) is 0.357. The van der Waals surface area contributed by atoms with Gasteiger partial charge in [-0.15, -0.1) is 0 Å². The SMILES string of the molecule is Cc1c[nH]c2c(C(=O)O)cc(C(C)(C)C)cc12. The van der Waals surface area contributed by atoms with Gasteiger partial charge in [-0.05, 0) is 35.6 Å². The van der Waals surface area contributed by atoms with Crippen LogP contribution >= 0.6 is 0 Å². The number of carboxylic acids is 1. The molecule has 2 N–H and O–H groups in total.